The van der Waals surface area contributed by atoms with Gasteiger partial charge < -0.3 is 0 Å². The van der Waals surface area contributed by atoms with Crippen LogP contribution in [-0.2, 0) is 10.0 Å². The Bertz CT molecular complexity index is 716. The zero-order valence-corrected chi connectivity index (χ0v) is 13.3. The molecule has 0 unspecified atom stereocenters. The molecule has 2 aromatic rings. The summed E-state index contributed by atoms with van der Waals surface area (Å²) in [5.74, 6) is 0.306. The van der Waals surface area contributed by atoms with E-state index in [9.17, 15) is 8.42 Å². The number of aryl methyl sites for hydroxylation is 2. The maximum absolute atomic E-state index is 12.3. The first-order valence-corrected chi connectivity index (χ1v) is 8.07. The van der Waals surface area contributed by atoms with Gasteiger partial charge in [0.05, 0.1) is 0 Å². The van der Waals surface area contributed by atoms with Crippen LogP contribution in [-0.4, -0.2) is 50.5 Å². The van der Waals surface area contributed by atoms with Gasteiger partial charge in [0.25, 0.3) is 21.1 Å². The van der Waals surface area contributed by atoms with Gasteiger partial charge >= 0.3 is 0 Å². The lowest BCUT2D eigenvalue weighted by molar-refractivity contribution is 0.439. The molecule has 0 atom stereocenters. The molecule has 0 aliphatic carbocycles. The molecule has 0 N–H and O–H groups in total. The predicted molar refractivity (Wildman–Crippen MR) is 76.5 cm³/mol. The lowest BCUT2D eigenvalue weighted by Gasteiger charge is -2.15. The fourth-order valence-electron chi connectivity index (χ4n) is 1.95. The van der Waals surface area contributed by atoms with Crippen molar-refractivity contribution in [2.45, 2.75) is 32.9 Å². The number of rotatable bonds is 5. The molecule has 2 heterocycles. The molecule has 9 heteroatoms. The van der Waals surface area contributed by atoms with E-state index in [-0.39, 0.29) is 5.16 Å². The average Bonchev–Trinajstić information content (AvgIpc) is 2.89. The van der Waals surface area contributed by atoms with Gasteiger partial charge in [-0.1, -0.05) is 13.8 Å². The largest absolute Gasteiger partial charge is 0.282 e. The monoisotopic (exact) mass is 310 g/mol. The van der Waals surface area contributed by atoms with Crippen LogP contribution in [0.4, 0.5) is 0 Å². The Morgan fingerprint density at radius 3 is 2.24 bits per heavy atom. The van der Waals surface area contributed by atoms with Gasteiger partial charge in [-0.2, -0.15) is 8.99 Å². The summed E-state index contributed by atoms with van der Waals surface area (Å²) >= 11 is 0. The summed E-state index contributed by atoms with van der Waals surface area (Å²) in [6.45, 7) is 7.95. The molecule has 8 nitrogen and oxygen atoms in total. The molecule has 0 saturated carbocycles. The number of sulfonamides is 1. The molecule has 21 heavy (non-hydrogen) atoms. The van der Waals surface area contributed by atoms with Crippen LogP contribution >= 0.6 is 0 Å². The SMILES string of the molecule is CCN(CC)S(=O)(=O)c1ncn(-c2nc(C)cc(C)n2)n1. The number of aromatic nitrogens is 5. The van der Waals surface area contributed by atoms with Crippen molar-refractivity contribution in [3.05, 3.63) is 23.8 Å². The second-order valence-electron chi connectivity index (χ2n) is 4.51. The fraction of sp³-hybridized carbons (Fsp3) is 0.500. The van der Waals surface area contributed by atoms with Crippen molar-refractivity contribution >= 4 is 10.0 Å². The molecule has 0 spiro atoms. The number of nitrogens with zero attached hydrogens (tertiary/aromatic N) is 6. The Balaban J connectivity index is 2.42. The van der Waals surface area contributed by atoms with Gasteiger partial charge in [-0.25, -0.2) is 23.4 Å². The first kappa shape index (κ1) is 15.5. The quantitative estimate of drug-likeness (QED) is 0.807. The Kier molecular flexibility index (Phi) is 4.33. The summed E-state index contributed by atoms with van der Waals surface area (Å²) in [5, 5.41) is 3.76. The van der Waals surface area contributed by atoms with E-state index >= 15 is 0 Å². The molecule has 2 aromatic heterocycles. The van der Waals surface area contributed by atoms with Crippen LogP contribution in [0.1, 0.15) is 25.2 Å². The molecule has 114 valence electrons. The van der Waals surface area contributed by atoms with Crippen LogP contribution in [0.15, 0.2) is 17.6 Å². The zero-order valence-electron chi connectivity index (χ0n) is 12.5. The van der Waals surface area contributed by atoms with Gasteiger partial charge in [-0.15, -0.1) is 5.10 Å². The van der Waals surface area contributed by atoms with Gasteiger partial charge in [0, 0.05) is 24.5 Å². The second kappa shape index (κ2) is 5.86. The lowest BCUT2D eigenvalue weighted by Crippen LogP contribution is -2.31. The van der Waals surface area contributed by atoms with Crippen molar-refractivity contribution in [2.75, 3.05) is 13.1 Å². The molecule has 0 aromatic carbocycles. The molecule has 0 fully saturated rings. The molecule has 2 rings (SSSR count). The minimum absolute atomic E-state index is 0.242. The number of hydrogen-bond donors (Lipinski definition) is 0. The third-order valence-corrected chi connectivity index (χ3v) is 4.77. The van der Waals surface area contributed by atoms with E-state index in [1.807, 2.05) is 19.9 Å². The highest BCUT2D eigenvalue weighted by molar-refractivity contribution is 7.88. The first-order valence-electron chi connectivity index (χ1n) is 6.63. The highest BCUT2D eigenvalue weighted by atomic mass is 32.2. The van der Waals surface area contributed by atoms with Crippen LogP contribution in [0.2, 0.25) is 0 Å². The number of hydrogen-bond acceptors (Lipinski definition) is 6. The summed E-state index contributed by atoms with van der Waals surface area (Å²) in [6.07, 6.45) is 1.31. The van der Waals surface area contributed by atoms with E-state index in [0.717, 1.165) is 11.4 Å². The van der Waals surface area contributed by atoms with Gasteiger partial charge in [0.1, 0.15) is 6.33 Å². The highest BCUT2D eigenvalue weighted by Gasteiger charge is 2.26. The molecule has 0 radical (unpaired) electrons. The molecule has 0 bridgehead atoms. The normalized spacial score (nSPS) is 12.0. The van der Waals surface area contributed by atoms with E-state index in [1.54, 1.807) is 13.8 Å². The molecule has 0 aliphatic rings. The van der Waals surface area contributed by atoms with Crippen molar-refractivity contribution in [3.8, 4) is 5.95 Å². The maximum Gasteiger partial charge on any atom is 0.282 e. The fourth-order valence-corrected chi connectivity index (χ4v) is 3.23. The van der Waals surface area contributed by atoms with Crippen LogP contribution < -0.4 is 0 Å². The van der Waals surface area contributed by atoms with E-state index in [2.05, 4.69) is 20.1 Å². The van der Waals surface area contributed by atoms with Gasteiger partial charge in [0.15, 0.2) is 0 Å². The van der Waals surface area contributed by atoms with Crippen LogP contribution in [0.5, 0.6) is 0 Å². The van der Waals surface area contributed by atoms with Gasteiger partial charge in [0.2, 0.25) is 0 Å². The van der Waals surface area contributed by atoms with Gasteiger partial charge in [-0.3, -0.25) is 0 Å². The van der Waals surface area contributed by atoms with E-state index in [0.29, 0.717) is 19.0 Å². The van der Waals surface area contributed by atoms with Crippen molar-refractivity contribution < 1.29 is 8.42 Å². The van der Waals surface area contributed by atoms with Crippen molar-refractivity contribution in [2.24, 2.45) is 0 Å². The topological polar surface area (TPSA) is 93.9 Å². The molecule has 0 saturated heterocycles. The smallest absolute Gasteiger partial charge is 0.216 e. The summed E-state index contributed by atoms with van der Waals surface area (Å²) in [4.78, 5) is 12.3. The molecular weight excluding hydrogens is 292 g/mol. The third-order valence-electron chi connectivity index (χ3n) is 2.92. The minimum atomic E-state index is -3.67. The summed E-state index contributed by atoms with van der Waals surface area (Å²) in [7, 11) is -3.67. The predicted octanol–water partition coefficient (Wildman–Crippen LogP) is 0.705. The van der Waals surface area contributed by atoms with E-state index in [4.69, 9.17) is 0 Å². The average molecular weight is 310 g/mol. The van der Waals surface area contributed by atoms with E-state index in [1.165, 1.54) is 15.3 Å². The Labute approximate surface area is 123 Å². The van der Waals surface area contributed by atoms with Crippen molar-refractivity contribution in [1.82, 2.24) is 29.0 Å². The second-order valence-corrected chi connectivity index (χ2v) is 6.34. The zero-order chi connectivity index (χ0) is 15.6. The summed E-state index contributed by atoms with van der Waals surface area (Å²) in [5.41, 5.74) is 1.56. The van der Waals surface area contributed by atoms with Crippen LogP contribution in [0.3, 0.4) is 0 Å². The maximum atomic E-state index is 12.3. The van der Waals surface area contributed by atoms with E-state index < -0.39 is 10.0 Å². The standard InChI is InChI=1S/C12H18N6O2S/c1-5-17(6-2)21(19,20)12-13-8-18(16-12)11-14-9(3)7-10(4)15-11/h7-8H,5-6H2,1-4H3. The first-order chi connectivity index (χ1) is 9.88. The van der Waals surface area contributed by atoms with Crippen molar-refractivity contribution in [1.29, 1.82) is 0 Å². The summed E-state index contributed by atoms with van der Waals surface area (Å²) < 4.78 is 27.2. The van der Waals surface area contributed by atoms with Crippen molar-refractivity contribution in [3.63, 3.8) is 0 Å². The molecule has 0 amide bonds. The highest BCUT2D eigenvalue weighted by Crippen LogP contribution is 2.11. The van der Waals surface area contributed by atoms with Crippen LogP contribution in [0.25, 0.3) is 5.95 Å². The molecule has 0 aliphatic heterocycles. The Morgan fingerprint density at radius 1 is 1.14 bits per heavy atom. The minimum Gasteiger partial charge on any atom is -0.216 e. The summed E-state index contributed by atoms with van der Waals surface area (Å²) in [6, 6.07) is 1.83. The third kappa shape index (κ3) is 3.08. The Morgan fingerprint density at radius 2 is 1.71 bits per heavy atom. The van der Waals surface area contributed by atoms with Gasteiger partial charge in [-0.05, 0) is 19.9 Å². The lowest BCUT2D eigenvalue weighted by atomic mass is 10.4. The Hall–Kier alpha value is -1.87. The van der Waals surface area contributed by atoms with Crippen LogP contribution in [0, 0.1) is 13.8 Å². The molecular formula is C12H18N6O2S.